The number of sulfonamides is 1. The van der Waals surface area contributed by atoms with E-state index in [1.165, 1.54) is 43.0 Å². The van der Waals surface area contributed by atoms with Crippen LogP contribution in [0.3, 0.4) is 0 Å². The summed E-state index contributed by atoms with van der Waals surface area (Å²) < 4.78 is 51.2. The van der Waals surface area contributed by atoms with Gasteiger partial charge in [-0.2, -0.15) is 0 Å². The number of thioether (sulfide) groups is 1. The Morgan fingerprint density at radius 2 is 1.57 bits per heavy atom. The van der Waals surface area contributed by atoms with E-state index in [1.54, 1.807) is 25.1 Å². The third-order valence-electron chi connectivity index (χ3n) is 3.93. The summed E-state index contributed by atoms with van der Waals surface area (Å²) in [5.41, 5.74) is 1.05. The number of benzene rings is 2. The maximum atomic E-state index is 12.8. The molecule has 10 heteroatoms. The maximum Gasteiger partial charge on any atom is 0.241 e. The highest BCUT2D eigenvalue weighted by Gasteiger charge is 2.20. The van der Waals surface area contributed by atoms with E-state index in [-0.39, 0.29) is 15.7 Å². The second-order valence-electron chi connectivity index (χ2n) is 6.23. The molecule has 0 aliphatic heterocycles. The van der Waals surface area contributed by atoms with E-state index in [0.29, 0.717) is 11.3 Å². The molecule has 0 bridgehead atoms. The molecule has 28 heavy (non-hydrogen) atoms. The molecule has 0 radical (unpaired) electrons. The van der Waals surface area contributed by atoms with Gasteiger partial charge < -0.3 is 5.32 Å². The van der Waals surface area contributed by atoms with Crippen molar-refractivity contribution in [2.75, 3.05) is 17.8 Å². The summed E-state index contributed by atoms with van der Waals surface area (Å²) in [6.07, 6.45) is 2.94. The zero-order chi connectivity index (χ0) is 21.1. The van der Waals surface area contributed by atoms with E-state index in [2.05, 4.69) is 10.0 Å². The molecule has 0 aromatic heterocycles. The Morgan fingerprint density at radius 1 is 1.00 bits per heavy atom. The third-order valence-corrected chi connectivity index (χ3v) is 7.39. The van der Waals surface area contributed by atoms with E-state index in [0.717, 1.165) is 11.2 Å². The van der Waals surface area contributed by atoms with Crippen molar-refractivity contribution in [1.29, 1.82) is 0 Å². The first-order valence-corrected chi connectivity index (χ1v) is 12.8. The van der Waals surface area contributed by atoms with Crippen molar-refractivity contribution in [1.82, 2.24) is 4.72 Å². The van der Waals surface area contributed by atoms with E-state index >= 15 is 0 Å². The number of anilines is 1. The average molecular weight is 443 g/mol. The van der Waals surface area contributed by atoms with Crippen molar-refractivity contribution in [3.05, 3.63) is 48.0 Å². The van der Waals surface area contributed by atoms with Gasteiger partial charge in [0, 0.05) is 24.1 Å². The van der Waals surface area contributed by atoms with Gasteiger partial charge in [0.1, 0.15) is 0 Å². The number of amides is 1. The second kappa shape index (κ2) is 8.64. The van der Waals surface area contributed by atoms with Crippen LogP contribution in [0.4, 0.5) is 5.69 Å². The molecule has 7 nitrogen and oxygen atoms in total. The zero-order valence-electron chi connectivity index (χ0n) is 15.9. The van der Waals surface area contributed by atoms with Crippen LogP contribution in [0.15, 0.2) is 57.2 Å². The van der Waals surface area contributed by atoms with Crippen LogP contribution in [0, 0.1) is 0 Å². The molecule has 0 aliphatic rings. The van der Waals surface area contributed by atoms with Crippen molar-refractivity contribution < 1.29 is 21.6 Å². The van der Waals surface area contributed by atoms with Crippen LogP contribution in [0.5, 0.6) is 0 Å². The number of nitrogens with one attached hydrogen (secondary N) is 2. The van der Waals surface area contributed by atoms with Gasteiger partial charge in [0.25, 0.3) is 0 Å². The van der Waals surface area contributed by atoms with Crippen molar-refractivity contribution >= 4 is 43.2 Å². The fraction of sp³-hybridized carbons (Fsp3) is 0.278. The SMILES string of the molecule is CSc1ccc(S(=O)(=O)N[C@@H](C)c2ccc(S(C)(=O)=O)cc2)cc1NC(C)=O. The summed E-state index contributed by atoms with van der Waals surface area (Å²) in [7, 11) is -7.18. The summed E-state index contributed by atoms with van der Waals surface area (Å²) in [5.74, 6) is -0.294. The molecule has 0 saturated heterocycles. The van der Waals surface area contributed by atoms with Crippen molar-refractivity contribution in [2.24, 2.45) is 0 Å². The van der Waals surface area contributed by atoms with E-state index in [1.807, 2.05) is 6.26 Å². The summed E-state index contributed by atoms with van der Waals surface area (Å²) in [4.78, 5) is 12.3. The summed E-state index contributed by atoms with van der Waals surface area (Å²) in [5, 5.41) is 2.63. The van der Waals surface area contributed by atoms with Gasteiger partial charge in [-0.25, -0.2) is 21.6 Å². The first-order valence-electron chi connectivity index (χ1n) is 8.22. The average Bonchev–Trinajstić information content (AvgIpc) is 2.60. The van der Waals surface area contributed by atoms with Gasteiger partial charge in [-0.15, -0.1) is 11.8 Å². The maximum absolute atomic E-state index is 12.8. The van der Waals surface area contributed by atoms with Gasteiger partial charge in [0.2, 0.25) is 15.9 Å². The van der Waals surface area contributed by atoms with Gasteiger partial charge in [-0.1, -0.05) is 12.1 Å². The van der Waals surface area contributed by atoms with Crippen LogP contribution < -0.4 is 10.0 Å². The normalized spacial score (nSPS) is 13.1. The monoisotopic (exact) mass is 442 g/mol. The fourth-order valence-corrected chi connectivity index (χ4v) is 4.94. The van der Waals surface area contributed by atoms with Crippen molar-refractivity contribution in [2.45, 2.75) is 34.6 Å². The van der Waals surface area contributed by atoms with Gasteiger partial charge in [0.05, 0.1) is 15.5 Å². The van der Waals surface area contributed by atoms with Crippen molar-refractivity contribution in [3.8, 4) is 0 Å². The topological polar surface area (TPSA) is 109 Å². The van der Waals surface area contributed by atoms with Crippen LogP contribution in [-0.4, -0.2) is 35.3 Å². The van der Waals surface area contributed by atoms with E-state index < -0.39 is 25.9 Å². The number of hydrogen-bond donors (Lipinski definition) is 2. The number of carbonyl (C=O) groups excluding carboxylic acids is 1. The number of hydrogen-bond acceptors (Lipinski definition) is 6. The van der Waals surface area contributed by atoms with Gasteiger partial charge in [-0.05, 0) is 49.1 Å². The minimum Gasteiger partial charge on any atom is -0.325 e. The lowest BCUT2D eigenvalue weighted by atomic mass is 10.1. The highest BCUT2D eigenvalue weighted by molar-refractivity contribution is 7.98. The highest BCUT2D eigenvalue weighted by atomic mass is 32.2. The molecule has 152 valence electrons. The van der Waals surface area contributed by atoms with Gasteiger partial charge >= 0.3 is 0 Å². The molecule has 2 aromatic rings. The highest BCUT2D eigenvalue weighted by Crippen LogP contribution is 2.29. The Hall–Kier alpha value is -1.88. The summed E-state index contributed by atoms with van der Waals surface area (Å²) >= 11 is 1.39. The Bertz CT molecular complexity index is 1080. The predicted octanol–water partition coefficient (Wildman–Crippen LogP) is 2.81. The van der Waals surface area contributed by atoms with Gasteiger partial charge in [0.15, 0.2) is 9.84 Å². The van der Waals surface area contributed by atoms with E-state index in [9.17, 15) is 21.6 Å². The van der Waals surface area contributed by atoms with Crippen molar-refractivity contribution in [3.63, 3.8) is 0 Å². The first kappa shape index (κ1) is 22.4. The Kier molecular flexibility index (Phi) is 6.92. The van der Waals surface area contributed by atoms with Gasteiger partial charge in [-0.3, -0.25) is 4.79 Å². The lowest BCUT2D eigenvalue weighted by Gasteiger charge is -2.16. The van der Waals surface area contributed by atoms with Crippen LogP contribution in [0.2, 0.25) is 0 Å². The van der Waals surface area contributed by atoms with Crippen LogP contribution in [0.1, 0.15) is 25.5 Å². The smallest absolute Gasteiger partial charge is 0.241 e. The number of rotatable bonds is 7. The molecule has 1 amide bonds. The second-order valence-corrected chi connectivity index (χ2v) is 10.8. The Labute approximate surface area is 169 Å². The molecular weight excluding hydrogens is 420 g/mol. The van der Waals surface area contributed by atoms with Crippen LogP contribution >= 0.6 is 11.8 Å². The predicted molar refractivity (Wildman–Crippen MR) is 111 cm³/mol. The quantitative estimate of drug-likeness (QED) is 0.638. The fourth-order valence-electron chi connectivity index (χ4n) is 2.51. The lowest BCUT2D eigenvalue weighted by Crippen LogP contribution is -2.27. The van der Waals surface area contributed by atoms with Crippen LogP contribution in [0.25, 0.3) is 0 Å². The summed E-state index contributed by atoms with van der Waals surface area (Å²) in [6, 6.07) is 9.97. The molecule has 0 saturated carbocycles. The Morgan fingerprint density at radius 3 is 2.07 bits per heavy atom. The minimum absolute atomic E-state index is 0.0219. The van der Waals surface area contributed by atoms with E-state index in [4.69, 9.17) is 0 Å². The van der Waals surface area contributed by atoms with Crippen LogP contribution in [-0.2, 0) is 24.7 Å². The first-order chi connectivity index (χ1) is 12.9. The molecule has 0 aliphatic carbocycles. The molecule has 2 rings (SSSR count). The molecule has 0 spiro atoms. The molecule has 2 N–H and O–H groups in total. The third kappa shape index (κ3) is 5.57. The Balaban J connectivity index is 2.28. The molecule has 0 heterocycles. The lowest BCUT2D eigenvalue weighted by molar-refractivity contribution is -0.114. The summed E-state index contributed by atoms with van der Waals surface area (Å²) in [6.45, 7) is 3.02. The molecule has 0 fully saturated rings. The molecular formula is C18H22N2O5S3. The molecule has 1 atom stereocenters. The molecule has 0 unspecified atom stereocenters. The molecule has 2 aromatic carbocycles. The number of sulfone groups is 1. The number of carbonyl (C=O) groups is 1. The zero-order valence-corrected chi connectivity index (χ0v) is 18.3. The largest absolute Gasteiger partial charge is 0.325 e. The standard InChI is InChI=1S/C18H22N2O5S3/c1-12(14-5-7-15(8-6-14)27(4,22)23)20-28(24,25)16-9-10-18(26-3)17(11-16)19-13(2)21/h5-12,20H,1-4H3,(H,19,21)/t12-/m0/s1. The minimum atomic E-state index is -3.86.